The molecule has 3 aromatic carbocycles. The van der Waals surface area contributed by atoms with Crippen LogP contribution in [0.25, 0.3) is 0 Å². The van der Waals surface area contributed by atoms with Gasteiger partial charge in [-0.15, -0.1) is 0 Å². The topological polar surface area (TPSA) is 6.48 Å². The Labute approximate surface area is 181 Å². The Bertz CT molecular complexity index is 884. The Kier molecular flexibility index (Phi) is 6.43. The predicted molar refractivity (Wildman–Crippen MR) is 120 cm³/mol. The first-order valence-corrected chi connectivity index (χ1v) is 10.9. The van der Waals surface area contributed by atoms with Crippen molar-refractivity contribution < 1.29 is 4.39 Å². The van der Waals surface area contributed by atoms with Crippen LogP contribution in [0.2, 0.25) is 0 Å². The van der Waals surface area contributed by atoms with E-state index in [1.165, 1.54) is 16.7 Å². The van der Waals surface area contributed by atoms with E-state index < -0.39 is 0 Å². The average molecular weight is 453 g/mol. The highest BCUT2D eigenvalue weighted by Gasteiger charge is 2.30. The molecule has 1 saturated heterocycles. The molecule has 1 unspecified atom stereocenters. The van der Waals surface area contributed by atoms with Gasteiger partial charge in [-0.3, -0.25) is 9.80 Å². The van der Waals surface area contributed by atoms with Gasteiger partial charge in [0.25, 0.3) is 0 Å². The Hall–Kier alpha value is -2.01. The van der Waals surface area contributed by atoms with E-state index in [1.807, 2.05) is 12.1 Å². The number of hydrogen-bond acceptors (Lipinski definition) is 2. The first kappa shape index (κ1) is 20.3. The molecule has 1 fully saturated rings. The molecule has 0 saturated carbocycles. The van der Waals surface area contributed by atoms with Crippen LogP contribution in [-0.4, -0.2) is 22.9 Å². The first-order valence-electron chi connectivity index (χ1n) is 10.1. The molecule has 3 aromatic rings. The van der Waals surface area contributed by atoms with Crippen LogP contribution in [0.4, 0.5) is 4.39 Å². The third-order valence-electron chi connectivity index (χ3n) is 5.53. The minimum absolute atomic E-state index is 0.183. The van der Waals surface area contributed by atoms with E-state index in [4.69, 9.17) is 0 Å². The predicted octanol–water partition coefficient (Wildman–Crippen LogP) is 6.30. The Balaban J connectivity index is 1.63. The van der Waals surface area contributed by atoms with Crippen LogP contribution >= 0.6 is 15.9 Å². The largest absolute Gasteiger partial charge is 0.280 e. The standard InChI is InChI=1S/C25H26BrFN2/c1-19-6-8-20(9-7-19)17-28-14-3-15-29(18-21-10-12-24(27)13-11-21)25(28)22-4-2-5-23(26)16-22/h2,4-13,16,25H,3,14-15,17-18H2,1H3. The number of hydrogen-bond donors (Lipinski definition) is 0. The summed E-state index contributed by atoms with van der Waals surface area (Å²) in [4.78, 5) is 5.06. The van der Waals surface area contributed by atoms with Gasteiger partial charge in [-0.05, 0) is 54.3 Å². The molecule has 2 nitrogen and oxygen atoms in total. The molecule has 0 bridgehead atoms. The highest BCUT2D eigenvalue weighted by molar-refractivity contribution is 9.10. The van der Waals surface area contributed by atoms with Crippen molar-refractivity contribution in [3.63, 3.8) is 0 Å². The normalized spacial score (nSPS) is 18.1. The summed E-state index contributed by atoms with van der Waals surface area (Å²) in [5, 5.41) is 0. The van der Waals surface area contributed by atoms with Gasteiger partial charge in [0.05, 0.1) is 6.17 Å². The monoisotopic (exact) mass is 452 g/mol. The lowest BCUT2D eigenvalue weighted by atomic mass is 10.0. The van der Waals surface area contributed by atoms with Gasteiger partial charge >= 0.3 is 0 Å². The molecular formula is C25H26BrFN2. The molecule has 0 radical (unpaired) electrons. The average Bonchev–Trinajstić information content (AvgIpc) is 2.72. The molecule has 0 spiro atoms. The highest BCUT2D eigenvalue weighted by Crippen LogP contribution is 2.33. The first-order chi connectivity index (χ1) is 14.1. The Morgan fingerprint density at radius 2 is 1.45 bits per heavy atom. The van der Waals surface area contributed by atoms with Crippen molar-refractivity contribution in [3.8, 4) is 0 Å². The summed E-state index contributed by atoms with van der Waals surface area (Å²) in [5.74, 6) is -0.183. The van der Waals surface area contributed by atoms with Crippen molar-refractivity contribution in [1.82, 2.24) is 9.80 Å². The maximum Gasteiger partial charge on any atom is 0.123 e. The molecule has 1 atom stereocenters. The lowest BCUT2D eigenvalue weighted by Gasteiger charge is -2.44. The van der Waals surface area contributed by atoms with E-state index in [0.717, 1.165) is 42.6 Å². The minimum Gasteiger partial charge on any atom is -0.280 e. The molecule has 150 valence electrons. The lowest BCUT2D eigenvalue weighted by molar-refractivity contribution is -0.00913. The fraction of sp³-hybridized carbons (Fsp3) is 0.280. The van der Waals surface area contributed by atoms with Gasteiger partial charge in [-0.25, -0.2) is 4.39 Å². The van der Waals surface area contributed by atoms with Crippen LogP contribution < -0.4 is 0 Å². The third-order valence-corrected chi connectivity index (χ3v) is 6.03. The fourth-order valence-electron chi connectivity index (χ4n) is 4.12. The smallest absolute Gasteiger partial charge is 0.123 e. The second-order valence-corrected chi connectivity index (χ2v) is 8.75. The summed E-state index contributed by atoms with van der Waals surface area (Å²) in [6.07, 6.45) is 1.31. The van der Waals surface area contributed by atoms with Crippen molar-refractivity contribution in [1.29, 1.82) is 0 Å². The molecule has 0 N–H and O–H groups in total. The van der Waals surface area contributed by atoms with Crippen molar-refractivity contribution in [3.05, 3.63) is 105 Å². The molecule has 0 aliphatic carbocycles. The van der Waals surface area contributed by atoms with Gasteiger partial charge in [0, 0.05) is 30.7 Å². The summed E-state index contributed by atoms with van der Waals surface area (Å²) in [5.41, 5.74) is 5.05. The molecule has 4 rings (SSSR count). The molecule has 0 aromatic heterocycles. The molecule has 1 aliphatic heterocycles. The van der Waals surface area contributed by atoms with Crippen LogP contribution in [0, 0.1) is 12.7 Å². The maximum atomic E-state index is 13.4. The van der Waals surface area contributed by atoms with E-state index in [-0.39, 0.29) is 12.0 Å². The third kappa shape index (κ3) is 5.13. The number of rotatable bonds is 5. The van der Waals surface area contributed by atoms with Crippen LogP contribution in [0.5, 0.6) is 0 Å². The van der Waals surface area contributed by atoms with Gasteiger partial charge in [-0.1, -0.05) is 70.0 Å². The lowest BCUT2D eigenvalue weighted by Crippen LogP contribution is -2.46. The summed E-state index contributed by atoms with van der Waals surface area (Å²) < 4.78 is 14.5. The van der Waals surface area contributed by atoms with E-state index in [2.05, 4.69) is 81.2 Å². The van der Waals surface area contributed by atoms with E-state index in [1.54, 1.807) is 12.1 Å². The molecular weight excluding hydrogens is 427 g/mol. The quantitative estimate of drug-likeness (QED) is 0.447. The fourth-order valence-corrected chi connectivity index (χ4v) is 4.54. The maximum absolute atomic E-state index is 13.4. The molecule has 1 aliphatic rings. The highest BCUT2D eigenvalue weighted by atomic mass is 79.9. The number of nitrogens with zero attached hydrogens (tertiary/aromatic N) is 2. The summed E-state index contributed by atoms with van der Waals surface area (Å²) in [7, 11) is 0. The van der Waals surface area contributed by atoms with Crippen molar-refractivity contribution in [2.45, 2.75) is 32.6 Å². The second kappa shape index (κ2) is 9.21. The molecule has 4 heteroatoms. The number of aryl methyl sites for hydroxylation is 1. The van der Waals surface area contributed by atoms with E-state index >= 15 is 0 Å². The minimum atomic E-state index is -0.183. The summed E-state index contributed by atoms with van der Waals surface area (Å²) in [6.45, 7) is 5.93. The number of benzene rings is 3. The van der Waals surface area contributed by atoms with Crippen LogP contribution in [0.3, 0.4) is 0 Å². The van der Waals surface area contributed by atoms with E-state index in [0.29, 0.717) is 0 Å². The zero-order valence-corrected chi connectivity index (χ0v) is 18.3. The molecule has 29 heavy (non-hydrogen) atoms. The van der Waals surface area contributed by atoms with Crippen molar-refractivity contribution in [2.75, 3.05) is 13.1 Å². The van der Waals surface area contributed by atoms with Gasteiger partial charge < -0.3 is 0 Å². The van der Waals surface area contributed by atoms with Crippen molar-refractivity contribution >= 4 is 15.9 Å². The number of halogens is 2. The SMILES string of the molecule is Cc1ccc(CN2CCCN(Cc3ccc(F)cc3)C2c2cccc(Br)c2)cc1. The second-order valence-electron chi connectivity index (χ2n) is 7.84. The van der Waals surface area contributed by atoms with Crippen LogP contribution in [0.1, 0.15) is 34.8 Å². The zero-order chi connectivity index (χ0) is 20.2. The van der Waals surface area contributed by atoms with Crippen molar-refractivity contribution in [2.24, 2.45) is 0 Å². The Morgan fingerprint density at radius 3 is 2.03 bits per heavy atom. The Morgan fingerprint density at radius 1 is 0.862 bits per heavy atom. The molecule has 0 amide bonds. The zero-order valence-electron chi connectivity index (χ0n) is 16.7. The van der Waals surface area contributed by atoms with Gasteiger partial charge in [0.1, 0.15) is 5.82 Å². The summed E-state index contributed by atoms with van der Waals surface area (Å²) >= 11 is 3.64. The van der Waals surface area contributed by atoms with Gasteiger partial charge in [-0.2, -0.15) is 0 Å². The van der Waals surface area contributed by atoms with Gasteiger partial charge in [0.2, 0.25) is 0 Å². The van der Waals surface area contributed by atoms with E-state index in [9.17, 15) is 4.39 Å². The van der Waals surface area contributed by atoms with Crippen LogP contribution in [-0.2, 0) is 13.1 Å². The molecule has 1 heterocycles. The van der Waals surface area contributed by atoms with Gasteiger partial charge in [0.15, 0.2) is 0 Å². The van der Waals surface area contributed by atoms with Crippen LogP contribution in [0.15, 0.2) is 77.3 Å². The summed E-state index contributed by atoms with van der Waals surface area (Å²) in [6, 6.07) is 24.3.